The Hall–Kier alpha value is -1.72. The Morgan fingerprint density at radius 3 is 2.89 bits per heavy atom. The van der Waals surface area contributed by atoms with Crippen LogP contribution in [0.4, 0.5) is 0 Å². The zero-order valence-corrected chi connectivity index (χ0v) is 11.3. The molecule has 0 aliphatic carbocycles. The molecule has 0 radical (unpaired) electrons. The van der Waals surface area contributed by atoms with E-state index in [9.17, 15) is 0 Å². The van der Waals surface area contributed by atoms with E-state index in [2.05, 4.69) is 34.3 Å². The van der Waals surface area contributed by atoms with E-state index >= 15 is 0 Å². The summed E-state index contributed by atoms with van der Waals surface area (Å²) in [6, 6.07) is 3.91. The number of aliphatic hydroxyl groups is 1. The summed E-state index contributed by atoms with van der Waals surface area (Å²) in [5.41, 5.74) is 3.01. The molecule has 0 atom stereocenters. The van der Waals surface area contributed by atoms with Gasteiger partial charge in [-0.25, -0.2) is 0 Å². The van der Waals surface area contributed by atoms with Gasteiger partial charge in [0, 0.05) is 42.2 Å². The molecule has 2 aromatic rings. The van der Waals surface area contributed by atoms with E-state index in [0.29, 0.717) is 13.0 Å². The van der Waals surface area contributed by atoms with E-state index in [-0.39, 0.29) is 12.1 Å². The largest absolute Gasteiger partial charge is 0.396 e. The zero-order valence-electron chi connectivity index (χ0n) is 11.3. The van der Waals surface area contributed by atoms with Crippen molar-refractivity contribution in [2.75, 3.05) is 6.61 Å². The van der Waals surface area contributed by atoms with Crippen molar-refractivity contribution in [2.45, 2.75) is 32.4 Å². The summed E-state index contributed by atoms with van der Waals surface area (Å²) in [6.45, 7) is 5.04. The molecular formula is C14H20N4O. The molecule has 0 unspecified atom stereocenters. The molecule has 0 bridgehead atoms. The third-order valence-corrected chi connectivity index (χ3v) is 3.16. The molecule has 3 N–H and O–H groups in total. The molecule has 0 saturated carbocycles. The SMILES string of the molecule is CC(C)(CCO)NCc1cn[nH]c1-c1cccnc1. The van der Waals surface area contributed by atoms with E-state index in [1.54, 1.807) is 6.20 Å². The van der Waals surface area contributed by atoms with Crippen molar-refractivity contribution >= 4 is 0 Å². The van der Waals surface area contributed by atoms with Crippen LogP contribution in [0, 0.1) is 0 Å². The van der Waals surface area contributed by atoms with Gasteiger partial charge in [0.05, 0.1) is 11.9 Å². The minimum absolute atomic E-state index is 0.0990. The minimum atomic E-state index is -0.0990. The molecule has 5 heteroatoms. The van der Waals surface area contributed by atoms with Crippen LogP contribution in [0.15, 0.2) is 30.7 Å². The van der Waals surface area contributed by atoms with Gasteiger partial charge in [-0.05, 0) is 32.4 Å². The summed E-state index contributed by atoms with van der Waals surface area (Å²) in [7, 11) is 0. The van der Waals surface area contributed by atoms with Gasteiger partial charge in [-0.3, -0.25) is 10.1 Å². The quantitative estimate of drug-likeness (QED) is 0.739. The smallest absolute Gasteiger partial charge is 0.0710 e. The first-order valence-electron chi connectivity index (χ1n) is 6.41. The number of aromatic amines is 1. The van der Waals surface area contributed by atoms with Gasteiger partial charge in [0.15, 0.2) is 0 Å². The third kappa shape index (κ3) is 3.62. The van der Waals surface area contributed by atoms with Crippen molar-refractivity contribution < 1.29 is 5.11 Å². The molecular weight excluding hydrogens is 240 g/mol. The van der Waals surface area contributed by atoms with Gasteiger partial charge in [-0.1, -0.05) is 0 Å². The minimum Gasteiger partial charge on any atom is -0.396 e. The molecule has 0 amide bonds. The summed E-state index contributed by atoms with van der Waals surface area (Å²) in [6.07, 6.45) is 6.11. The van der Waals surface area contributed by atoms with Gasteiger partial charge in [0.25, 0.3) is 0 Å². The molecule has 2 aromatic heterocycles. The highest BCUT2D eigenvalue weighted by Gasteiger charge is 2.17. The van der Waals surface area contributed by atoms with Crippen LogP contribution < -0.4 is 5.32 Å². The number of H-pyrrole nitrogens is 1. The van der Waals surface area contributed by atoms with Crippen LogP contribution in [0.1, 0.15) is 25.8 Å². The van der Waals surface area contributed by atoms with Gasteiger partial charge >= 0.3 is 0 Å². The Bertz CT molecular complexity index is 507. The van der Waals surface area contributed by atoms with Gasteiger partial charge in [-0.2, -0.15) is 5.10 Å². The number of rotatable bonds is 6. The van der Waals surface area contributed by atoms with Crippen molar-refractivity contribution in [3.8, 4) is 11.3 Å². The maximum atomic E-state index is 9.02. The predicted molar refractivity (Wildman–Crippen MR) is 74.4 cm³/mol. The fourth-order valence-corrected chi connectivity index (χ4v) is 1.91. The third-order valence-electron chi connectivity index (χ3n) is 3.16. The Morgan fingerprint density at radius 2 is 2.21 bits per heavy atom. The van der Waals surface area contributed by atoms with Gasteiger partial charge in [0.1, 0.15) is 0 Å². The van der Waals surface area contributed by atoms with Crippen molar-refractivity contribution in [3.05, 3.63) is 36.3 Å². The molecule has 0 fully saturated rings. The van der Waals surface area contributed by atoms with Crippen LogP contribution in [0.2, 0.25) is 0 Å². The second-order valence-corrected chi connectivity index (χ2v) is 5.22. The maximum absolute atomic E-state index is 9.02. The molecule has 0 aromatic carbocycles. The van der Waals surface area contributed by atoms with E-state index in [1.165, 1.54) is 0 Å². The fraction of sp³-hybridized carbons (Fsp3) is 0.429. The molecule has 19 heavy (non-hydrogen) atoms. The van der Waals surface area contributed by atoms with Crippen LogP contribution >= 0.6 is 0 Å². The number of nitrogens with zero attached hydrogens (tertiary/aromatic N) is 2. The van der Waals surface area contributed by atoms with Crippen LogP contribution in [0.3, 0.4) is 0 Å². The number of pyridine rings is 1. The van der Waals surface area contributed by atoms with Gasteiger partial charge in [0.2, 0.25) is 0 Å². The monoisotopic (exact) mass is 260 g/mol. The molecule has 0 saturated heterocycles. The van der Waals surface area contributed by atoms with Gasteiger partial charge < -0.3 is 10.4 Å². The lowest BCUT2D eigenvalue weighted by Crippen LogP contribution is -2.39. The summed E-state index contributed by atoms with van der Waals surface area (Å²) < 4.78 is 0. The van der Waals surface area contributed by atoms with Gasteiger partial charge in [-0.15, -0.1) is 0 Å². The second-order valence-electron chi connectivity index (χ2n) is 5.22. The highest BCUT2D eigenvalue weighted by atomic mass is 16.3. The Balaban J connectivity index is 2.09. The highest BCUT2D eigenvalue weighted by molar-refractivity contribution is 5.61. The van der Waals surface area contributed by atoms with Crippen molar-refractivity contribution in [2.24, 2.45) is 0 Å². The van der Waals surface area contributed by atoms with Crippen LogP contribution in [-0.4, -0.2) is 32.4 Å². The first-order chi connectivity index (χ1) is 9.12. The fourth-order valence-electron chi connectivity index (χ4n) is 1.91. The van der Waals surface area contributed by atoms with Crippen LogP contribution in [-0.2, 0) is 6.54 Å². The summed E-state index contributed by atoms with van der Waals surface area (Å²) in [5, 5.41) is 19.6. The van der Waals surface area contributed by atoms with Crippen LogP contribution in [0.25, 0.3) is 11.3 Å². The normalized spacial score (nSPS) is 11.7. The summed E-state index contributed by atoms with van der Waals surface area (Å²) in [5.74, 6) is 0. The van der Waals surface area contributed by atoms with E-state index in [4.69, 9.17) is 5.11 Å². The highest BCUT2D eigenvalue weighted by Crippen LogP contribution is 2.20. The van der Waals surface area contributed by atoms with E-state index in [1.807, 2.05) is 24.5 Å². The Labute approximate surface area is 113 Å². The lowest BCUT2D eigenvalue weighted by Gasteiger charge is -2.25. The number of aliphatic hydroxyl groups excluding tert-OH is 1. The van der Waals surface area contributed by atoms with Crippen molar-refractivity contribution in [1.82, 2.24) is 20.5 Å². The lowest BCUT2D eigenvalue weighted by atomic mass is 10.0. The molecule has 2 heterocycles. The zero-order chi connectivity index (χ0) is 13.7. The van der Waals surface area contributed by atoms with Crippen LogP contribution in [0.5, 0.6) is 0 Å². The van der Waals surface area contributed by atoms with Crippen molar-refractivity contribution in [3.63, 3.8) is 0 Å². The molecule has 0 spiro atoms. The molecule has 102 valence electrons. The summed E-state index contributed by atoms with van der Waals surface area (Å²) in [4.78, 5) is 4.12. The number of hydrogen-bond donors (Lipinski definition) is 3. The second kappa shape index (κ2) is 5.95. The number of nitrogens with one attached hydrogen (secondary N) is 2. The topological polar surface area (TPSA) is 73.8 Å². The molecule has 0 aliphatic heterocycles. The first kappa shape index (κ1) is 13.7. The van der Waals surface area contributed by atoms with E-state index < -0.39 is 0 Å². The maximum Gasteiger partial charge on any atom is 0.0710 e. The molecule has 5 nitrogen and oxygen atoms in total. The number of aromatic nitrogens is 3. The first-order valence-corrected chi connectivity index (χ1v) is 6.41. The average molecular weight is 260 g/mol. The van der Waals surface area contributed by atoms with E-state index in [0.717, 1.165) is 16.8 Å². The molecule has 2 rings (SSSR count). The average Bonchev–Trinajstić information content (AvgIpc) is 2.86. The standard InChI is InChI=1S/C14H20N4O/c1-14(2,5-7-19)16-9-12-10-17-18-13(12)11-4-3-6-15-8-11/h3-4,6,8,10,16,19H,5,7,9H2,1-2H3,(H,17,18). The number of hydrogen-bond acceptors (Lipinski definition) is 4. The lowest BCUT2D eigenvalue weighted by molar-refractivity contribution is 0.230. The Kier molecular flexibility index (Phi) is 4.29. The Morgan fingerprint density at radius 1 is 1.37 bits per heavy atom. The predicted octanol–water partition coefficient (Wildman–Crippen LogP) is 1.72. The summed E-state index contributed by atoms with van der Waals surface area (Å²) >= 11 is 0. The van der Waals surface area contributed by atoms with Crippen molar-refractivity contribution in [1.29, 1.82) is 0 Å². The molecule has 0 aliphatic rings.